The van der Waals surface area contributed by atoms with E-state index in [1.165, 1.54) is 6.20 Å². The maximum Gasteiger partial charge on any atom is 0.341 e. The molecule has 2 atom stereocenters. The Bertz CT molecular complexity index is 473. The molecule has 0 aromatic carbocycles. The summed E-state index contributed by atoms with van der Waals surface area (Å²) < 4.78 is 10.6. The number of nitrogens with zero attached hydrogens (tertiary/aromatic N) is 2. The maximum atomic E-state index is 11.7. The Morgan fingerprint density at radius 2 is 2.45 bits per heavy atom. The SMILES string of the molecule is CCOC(=O)c1cnc(NC(C)C2CCCO2)nc1C. The Morgan fingerprint density at radius 3 is 3.05 bits per heavy atom. The average molecular weight is 279 g/mol. The smallest absolute Gasteiger partial charge is 0.341 e. The molecule has 1 N–H and O–H groups in total. The summed E-state index contributed by atoms with van der Waals surface area (Å²) in [5.74, 6) is 0.127. The number of esters is 1. The Labute approximate surface area is 118 Å². The number of aromatic nitrogens is 2. The van der Waals surface area contributed by atoms with Gasteiger partial charge in [-0.15, -0.1) is 0 Å². The van der Waals surface area contributed by atoms with Crippen LogP contribution in [0.3, 0.4) is 0 Å². The molecule has 2 rings (SSSR count). The number of rotatable bonds is 5. The lowest BCUT2D eigenvalue weighted by molar-refractivity contribution is 0.0524. The summed E-state index contributed by atoms with van der Waals surface area (Å²) >= 11 is 0. The van der Waals surface area contributed by atoms with Gasteiger partial charge in [-0.25, -0.2) is 14.8 Å². The lowest BCUT2D eigenvalue weighted by Gasteiger charge is -2.20. The Balaban J connectivity index is 2.03. The second kappa shape index (κ2) is 6.65. The van der Waals surface area contributed by atoms with Gasteiger partial charge in [0, 0.05) is 12.8 Å². The van der Waals surface area contributed by atoms with Crippen LogP contribution in [0.5, 0.6) is 0 Å². The van der Waals surface area contributed by atoms with Gasteiger partial charge in [0.05, 0.1) is 30.0 Å². The zero-order valence-electron chi connectivity index (χ0n) is 12.2. The summed E-state index contributed by atoms with van der Waals surface area (Å²) in [7, 11) is 0. The molecule has 0 bridgehead atoms. The first kappa shape index (κ1) is 14.7. The predicted molar refractivity (Wildman–Crippen MR) is 74.8 cm³/mol. The van der Waals surface area contributed by atoms with Gasteiger partial charge in [0.25, 0.3) is 0 Å². The van der Waals surface area contributed by atoms with Crippen LogP contribution >= 0.6 is 0 Å². The molecule has 0 aliphatic carbocycles. The van der Waals surface area contributed by atoms with E-state index >= 15 is 0 Å². The first-order valence-electron chi connectivity index (χ1n) is 7.00. The van der Waals surface area contributed by atoms with Crippen molar-refractivity contribution in [2.45, 2.75) is 45.8 Å². The van der Waals surface area contributed by atoms with Crippen molar-refractivity contribution in [2.75, 3.05) is 18.5 Å². The monoisotopic (exact) mass is 279 g/mol. The highest BCUT2D eigenvalue weighted by Gasteiger charge is 2.23. The topological polar surface area (TPSA) is 73.3 Å². The van der Waals surface area contributed by atoms with E-state index in [0.29, 0.717) is 23.8 Å². The molecule has 0 spiro atoms. The average Bonchev–Trinajstić information content (AvgIpc) is 2.93. The Morgan fingerprint density at radius 1 is 1.65 bits per heavy atom. The summed E-state index contributed by atoms with van der Waals surface area (Å²) in [5, 5.41) is 3.22. The number of anilines is 1. The largest absolute Gasteiger partial charge is 0.462 e. The summed E-state index contributed by atoms with van der Waals surface area (Å²) in [6.45, 7) is 6.75. The van der Waals surface area contributed by atoms with Crippen LogP contribution in [0.15, 0.2) is 6.20 Å². The van der Waals surface area contributed by atoms with Gasteiger partial charge in [-0.1, -0.05) is 0 Å². The maximum absolute atomic E-state index is 11.7. The number of carbonyl (C=O) groups excluding carboxylic acids is 1. The van der Waals surface area contributed by atoms with Gasteiger partial charge in [-0.05, 0) is 33.6 Å². The van der Waals surface area contributed by atoms with Crippen molar-refractivity contribution in [1.82, 2.24) is 9.97 Å². The van der Waals surface area contributed by atoms with E-state index in [2.05, 4.69) is 15.3 Å². The molecule has 1 aliphatic rings. The van der Waals surface area contributed by atoms with Crippen LogP contribution in [0.25, 0.3) is 0 Å². The van der Waals surface area contributed by atoms with Crippen LogP contribution in [0.4, 0.5) is 5.95 Å². The highest BCUT2D eigenvalue weighted by Crippen LogP contribution is 2.18. The fourth-order valence-electron chi connectivity index (χ4n) is 2.24. The minimum absolute atomic E-state index is 0.144. The molecule has 1 saturated heterocycles. The highest BCUT2D eigenvalue weighted by molar-refractivity contribution is 5.90. The first-order chi connectivity index (χ1) is 9.61. The van der Waals surface area contributed by atoms with E-state index in [1.807, 2.05) is 6.92 Å². The fraction of sp³-hybridized carbons (Fsp3) is 0.643. The number of carbonyl (C=O) groups is 1. The molecule has 2 unspecified atom stereocenters. The van der Waals surface area contributed by atoms with E-state index in [4.69, 9.17) is 9.47 Å². The van der Waals surface area contributed by atoms with Crippen molar-refractivity contribution < 1.29 is 14.3 Å². The summed E-state index contributed by atoms with van der Waals surface area (Å²) in [6, 6.07) is 0.144. The molecule has 0 amide bonds. The van der Waals surface area contributed by atoms with Crippen molar-refractivity contribution in [2.24, 2.45) is 0 Å². The minimum atomic E-state index is -0.385. The van der Waals surface area contributed by atoms with Gasteiger partial charge < -0.3 is 14.8 Å². The standard InChI is InChI=1S/C14H21N3O3/c1-4-19-13(18)11-8-15-14(16-9(11)2)17-10(3)12-6-5-7-20-12/h8,10,12H,4-7H2,1-3H3,(H,15,16,17). The number of hydrogen-bond donors (Lipinski definition) is 1. The number of nitrogens with one attached hydrogen (secondary N) is 1. The van der Waals surface area contributed by atoms with Crippen LogP contribution in [0.2, 0.25) is 0 Å². The van der Waals surface area contributed by atoms with Crippen molar-refractivity contribution >= 4 is 11.9 Å². The molecule has 6 nitrogen and oxygen atoms in total. The lowest BCUT2D eigenvalue weighted by Crippen LogP contribution is -2.31. The molecule has 20 heavy (non-hydrogen) atoms. The Kier molecular flexibility index (Phi) is 4.89. The molecule has 6 heteroatoms. The van der Waals surface area contributed by atoms with Crippen molar-refractivity contribution in [3.05, 3.63) is 17.5 Å². The van der Waals surface area contributed by atoms with Gasteiger partial charge in [-0.2, -0.15) is 0 Å². The molecule has 0 radical (unpaired) electrons. The quantitative estimate of drug-likeness (QED) is 0.830. The van der Waals surface area contributed by atoms with Gasteiger partial charge in [0.15, 0.2) is 0 Å². The predicted octanol–water partition coefficient (Wildman–Crippen LogP) is 1.94. The highest BCUT2D eigenvalue weighted by atomic mass is 16.5. The number of ether oxygens (including phenoxy) is 2. The van der Waals surface area contributed by atoms with E-state index in [1.54, 1.807) is 13.8 Å². The molecule has 1 fully saturated rings. The second-order valence-electron chi connectivity index (χ2n) is 4.90. The van der Waals surface area contributed by atoms with Crippen LogP contribution in [0, 0.1) is 6.92 Å². The molecule has 1 aromatic rings. The Hall–Kier alpha value is -1.69. The minimum Gasteiger partial charge on any atom is -0.462 e. The summed E-state index contributed by atoms with van der Waals surface area (Å²) in [6.07, 6.45) is 3.85. The molecular formula is C14H21N3O3. The lowest BCUT2D eigenvalue weighted by atomic mass is 10.1. The fourth-order valence-corrected chi connectivity index (χ4v) is 2.24. The first-order valence-corrected chi connectivity index (χ1v) is 7.00. The molecule has 1 aromatic heterocycles. The van der Waals surface area contributed by atoms with E-state index in [0.717, 1.165) is 19.4 Å². The third kappa shape index (κ3) is 3.45. The van der Waals surface area contributed by atoms with Crippen LogP contribution in [-0.2, 0) is 9.47 Å². The molecule has 110 valence electrons. The summed E-state index contributed by atoms with van der Waals surface area (Å²) in [4.78, 5) is 20.2. The van der Waals surface area contributed by atoms with Gasteiger partial charge >= 0.3 is 5.97 Å². The van der Waals surface area contributed by atoms with Gasteiger partial charge in [0.2, 0.25) is 5.95 Å². The van der Waals surface area contributed by atoms with Crippen molar-refractivity contribution in [3.8, 4) is 0 Å². The molecule has 0 saturated carbocycles. The number of aryl methyl sites for hydroxylation is 1. The zero-order chi connectivity index (χ0) is 14.5. The van der Waals surface area contributed by atoms with Crippen molar-refractivity contribution in [3.63, 3.8) is 0 Å². The van der Waals surface area contributed by atoms with Crippen LogP contribution in [0.1, 0.15) is 42.7 Å². The molecule has 1 aliphatic heterocycles. The van der Waals surface area contributed by atoms with Crippen LogP contribution in [-0.4, -0.2) is 41.3 Å². The zero-order valence-corrected chi connectivity index (χ0v) is 12.2. The molecule has 2 heterocycles. The van der Waals surface area contributed by atoms with E-state index in [-0.39, 0.29) is 18.1 Å². The summed E-state index contributed by atoms with van der Waals surface area (Å²) in [5.41, 5.74) is 1.02. The molecular weight excluding hydrogens is 258 g/mol. The third-order valence-corrected chi connectivity index (χ3v) is 3.35. The van der Waals surface area contributed by atoms with E-state index < -0.39 is 0 Å². The normalized spacial score (nSPS) is 19.6. The second-order valence-corrected chi connectivity index (χ2v) is 4.90. The van der Waals surface area contributed by atoms with E-state index in [9.17, 15) is 4.79 Å². The van der Waals surface area contributed by atoms with Crippen LogP contribution < -0.4 is 5.32 Å². The number of hydrogen-bond acceptors (Lipinski definition) is 6. The van der Waals surface area contributed by atoms with Gasteiger partial charge in [-0.3, -0.25) is 0 Å². The third-order valence-electron chi connectivity index (χ3n) is 3.35. The van der Waals surface area contributed by atoms with Gasteiger partial charge in [0.1, 0.15) is 0 Å². The van der Waals surface area contributed by atoms with Crippen molar-refractivity contribution in [1.29, 1.82) is 0 Å².